The molecule has 4 nitrogen and oxygen atoms in total. The van der Waals surface area contributed by atoms with Crippen molar-refractivity contribution in [3.63, 3.8) is 0 Å². The molecule has 2 fully saturated rings. The Morgan fingerprint density at radius 2 is 1.90 bits per heavy atom. The zero-order valence-electron chi connectivity index (χ0n) is 12.5. The van der Waals surface area contributed by atoms with Crippen molar-refractivity contribution < 1.29 is 8.42 Å². The Kier molecular flexibility index (Phi) is 5.79. The summed E-state index contributed by atoms with van der Waals surface area (Å²) in [5.41, 5.74) is 6.06. The predicted octanol–water partition coefficient (Wildman–Crippen LogP) is 1.85. The first-order chi connectivity index (χ1) is 9.56. The van der Waals surface area contributed by atoms with Crippen molar-refractivity contribution in [1.82, 2.24) is 4.90 Å². The summed E-state index contributed by atoms with van der Waals surface area (Å²) in [5.74, 6) is 1.96. The quantitative estimate of drug-likeness (QED) is 0.801. The molecule has 2 rings (SSSR count). The molecule has 0 aromatic heterocycles. The van der Waals surface area contributed by atoms with Gasteiger partial charge in [0.1, 0.15) is 5.37 Å². The Morgan fingerprint density at radius 1 is 1.25 bits per heavy atom. The third kappa shape index (κ3) is 3.34. The van der Waals surface area contributed by atoms with E-state index in [1.165, 1.54) is 25.7 Å². The van der Waals surface area contributed by atoms with Gasteiger partial charge in [-0.2, -0.15) is 11.8 Å². The van der Waals surface area contributed by atoms with E-state index in [1.807, 2.05) is 0 Å². The van der Waals surface area contributed by atoms with Crippen molar-refractivity contribution in [3.05, 3.63) is 0 Å². The van der Waals surface area contributed by atoms with Crippen LogP contribution in [-0.4, -0.2) is 54.6 Å². The minimum atomic E-state index is -3.03. The smallest absolute Gasteiger partial charge is 0.166 e. The van der Waals surface area contributed by atoms with Gasteiger partial charge in [-0.05, 0) is 12.8 Å². The van der Waals surface area contributed by atoms with E-state index < -0.39 is 9.84 Å². The van der Waals surface area contributed by atoms with Gasteiger partial charge in [-0.25, -0.2) is 8.42 Å². The second-order valence-corrected chi connectivity index (χ2v) is 9.61. The molecule has 2 aliphatic rings. The number of hydrogen-bond donors (Lipinski definition) is 1. The molecular formula is C14H28N2O2S2. The lowest BCUT2D eigenvalue weighted by Gasteiger charge is -2.48. The van der Waals surface area contributed by atoms with E-state index in [0.717, 1.165) is 25.1 Å². The first-order valence-corrected chi connectivity index (χ1v) is 10.7. The highest BCUT2D eigenvalue weighted by molar-refractivity contribution is 8.01. The second kappa shape index (κ2) is 6.99. The normalized spacial score (nSPS) is 29.0. The minimum absolute atomic E-state index is 0.0790. The van der Waals surface area contributed by atoms with Crippen LogP contribution in [0.3, 0.4) is 0 Å². The van der Waals surface area contributed by atoms with E-state index in [2.05, 4.69) is 4.90 Å². The second-order valence-electron chi connectivity index (χ2n) is 6.02. The van der Waals surface area contributed by atoms with Gasteiger partial charge in [0.2, 0.25) is 0 Å². The molecule has 1 heterocycles. The van der Waals surface area contributed by atoms with Crippen LogP contribution < -0.4 is 5.73 Å². The molecule has 1 saturated carbocycles. The largest absolute Gasteiger partial charge is 0.329 e. The Balaban J connectivity index is 2.29. The zero-order valence-corrected chi connectivity index (χ0v) is 14.1. The van der Waals surface area contributed by atoms with Gasteiger partial charge in [0.25, 0.3) is 0 Å². The van der Waals surface area contributed by atoms with Gasteiger partial charge in [-0.3, -0.25) is 4.90 Å². The van der Waals surface area contributed by atoms with Gasteiger partial charge in [-0.1, -0.05) is 32.6 Å². The molecule has 0 spiro atoms. The molecule has 1 saturated heterocycles. The monoisotopic (exact) mass is 320 g/mol. The molecule has 0 bridgehead atoms. The topological polar surface area (TPSA) is 63.4 Å². The summed E-state index contributed by atoms with van der Waals surface area (Å²) in [5, 5.41) is -0.326. The maximum Gasteiger partial charge on any atom is 0.166 e. The highest BCUT2D eigenvalue weighted by Gasteiger charge is 2.44. The standard InChI is InChI=1S/C14H28N2O2S2/c1-2-20(17,18)13-11-19-10-9-16(13)14(12-15)7-5-3-4-6-8-14/h13H,2-12,15H2,1H3. The number of thioether (sulfide) groups is 1. The van der Waals surface area contributed by atoms with Crippen LogP contribution in [0.4, 0.5) is 0 Å². The zero-order chi connectivity index (χ0) is 14.6. The van der Waals surface area contributed by atoms with E-state index in [0.29, 0.717) is 12.3 Å². The molecule has 6 heteroatoms. The SMILES string of the molecule is CCS(=O)(=O)C1CSCCN1C1(CN)CCCCCC1. The van der Waals surface area contributed by atoms with Gasteiger partial charge in [0.05, 0.1) is 0 Å². The third-order valence-electron chi connectivity index (χ3n) is 4.92. The number of sulfone groups is 1. The molecule has 1 aliphatic carbocycles. The average molecular weight is 321 g/mol. The molecular weight excluding hydrogens is 292 g/mol. The lowest BCUT2D eigenvalue weighted by Crippen LogP contribution is -2.62. The fourth-order valence-electron chi connectivity index (χ4n) is 3.61. The first-order valence-electron chi connectivity index (χ1n) is 7.82. The summed E-state index contributed by atoms with van der Waals surface area (Å²) < 4.78 is 24.9. The van der Waals surface area contributed by atoms with Gasteiger partial charge >= 0.3 is 0 Å². The summed E-state index contributed by atoms with van der Waals surface area (Å²) in [6.07, 6.45) is 7.00. The van der Waals surface area contributed by atoms with Crippen molar-refractivity contribution >= 4 is 21.6 Å². The van der Waals surface area contributed by atoms with Crippen LogP contribution >= 0.6 is 11.8 Å². The van der Waals surface area contributed by atoms with Crippen molar-refractivity contribution in [2.75, 3.05) is 30.3 Å². The molecule has 1 unspecified atom stereocenters. The Hall–Kier alpha value is 0.220. The van der Waals surface area contributed by atoms with E-state index in [4.69, 9.17) is 5.73 Å². The third-order valence-corrected chi connectivity index (χ3v) is 8.21. The predicted molar refractivity (Wildman–Crippen MR) is 86.8 cm³/mol. The molecule has 0 radical (unpaired) electrons. The van der Waals surface area contributed by atoms with Crippen LogP contribution in [0.5, 0.6) is 0 Å². The van der Waals surface area contributed by atoms with Crippen LogP contribution in [-0.2, 0) is 9.84 Å². The van der Waals surface area contributed by atoms with E-state index in [9.17, 15) is 8.42 Å². The van der Waals surface area contributed by atoms with Crippen molar-refractivity contribution in [3.8, 4) is 0 Å². The molecule has 0 amide bonds. The van der Waals surface area contributed by atoms with Crippen LogP contribution in [0.15, 0.2) is 0 Å². The summed E-state index contributed by atoms with van der Waals surface area (Å²) in [7, 11) is -3.03. The van der Waals surface area contributed by atoms with Gasteiger partial charge in [0.15, 0.2) is 9.84 Å². The molecule has 1 atom stereocenters. The van der Waals surface area contributed by atoms with Crippen LogP contribution in [0.2, 0.25) is 0 Å². The molecule has 2 N–H and O–H groups in total. The number of nitrogens with zero attached hydrogens (tertiary/aromatic N) is 1. The van der Waals surface area contributed by atoms with Gasteiger partial charge < -0.3 is 5.73 Å². The molecule has 20 heavy (non-hydrogen) atoms. The van der Waals surface area contributed by atoms with Gasteiger partial charge in [-0.15, -0.1) is 0 Å². The van der Waals surface area contributed by atoms with Gasteiger partial charge in [0, 0.05) is 35.9 Å². The van der Waals surface area contributed by atoms with E-state index in [-0.39, 0.29) is 16.7 Å². The Bertz CT molecular complexity index is 403. The minimum Gasteiger partial charge on any atom is -0.329 e. The number of rotatable bonds is 4. The van der Waals surface area contributed by atoms with Crippen LogP contribution in [0.1, 0.15) is 45.4 Å². The Labute approximate surface area is 127 Å². The van der Waals surface area contributed by atoms with Crippen LogP contribution in [0.25, 0.3) is 0 Å². The highest BCUT2D eigenvalue weighted by atomic mass is 32.2. The van der Waals surface area contributed by atoms with E-state index in [1.54, 1.807) is 18.7 Å². The summed E-state index contributed by atoms with van der Waals surface area (Å²) in [6, 6.07) is 0. The summed E-state index contributed by atoms with van der Waals surface area (Å²) in [6.45, 7) is 3.22. The van der Waals surface area contributed by atoms with E-state index >= 15 is 0 Å². The molecule has 0 aromatic rings. The van der Waals surface area contributed by atoms with Crippen molar-refractivity contribution in [2.24, 2.45) is 5.73 Å². The fourth-order valence-corrected chi connectivity index (χ4v) is 6.70. The number of hydrogen-bond acceptors (Lipinski definition) is 5. The van der Waals surface area contributed by atoms with Crippen molar-refractivity contribution in [1.29, 1.82) is 0 Å². The average Bonchev–Trinajstić information content (AvgIpc) is 2.73. The molecule has 118 valence electrons. The first kappa shape index (κ1) is 16.6. The lowest BCUT2D eigenvalue weighted by atomic mass is 9.88. The maximum atomic E-state index is 12.5. The van der Waals surface area contributed by atoms with Crippen LogP contribution in [0, 0.1) is 0 Å². The number of nitrogens with two attached hydrogens (primary N) is 1. The lowest BCUT2D eigenvalue weighted by molar-refractivity contribution is 0.0737. The summed E-state index contributed by atoms with van der Waals surface area (Å²) >= 11 is 1.77. The fraction of sp³-hybridized carbons (Fsp3) is 1.00. The van der Waals surface area contributed by atoms with Crippen molar-refractivity contribution in [2.45, 2.75) is 56.4 Å². The highest BCUT2D eigenvalue weighted by Crippen LogP contribution is 2.37. The maximum absolute atomic E-state index is 12.5. The Morgan fingerprint density at radius 3 is 2.45 bits per heavy atom. The summed E-state index contributed by atoms with van der Waals surface area (Å²) in [4.78, 5) is 2.27. The molecule has 0 aromatic carbocycles. The molecule has 1 aliphatic heterocycles.